The van der Waals surface area contributed by atoms with Gasteiger partial charge in [0.15, 0.2) is 5.84 Å². The lowest BCUT2D eigenvalue weighted by atomic mass is 9.91. The van der Waals surface area contributed by atoms with Crippen LogP contribution in [0.4, 0.5) is 0 Å². The molecule has 88 valence electrons. The molecule has 1 saturated carbocycles. The molecule has 0 aromatic carbocycles. The third-order valence-corrected chi connectivity index (χ3v) is 4.78. The van der Waals surface area contributed by atoms with Crippen molar-refractivity contribution in [3.05, 3.63) is 0 Å². The molecule has 1 aliphatic rings. The van der Waals surface area contributed by atoms with Crippen LogP contribution in [0.25, 0.3) is 0 Å². The molecule has 0 radical (unpaired) electrons. The van der Waals surface area contributed by atoms with Gasteiger partial charge in [0.05, 0.1) is 5.25 Å². The summed E-state index contributed by atoms with van der Waals surface area (Å²) in [5.74, 6) is 1.21. The molecule has 4 heteroatoms. The minimum Gasteiger partial charge on any atom is -0.409 e. The highest BCUT2D eigenvalue weighted by Gasteiger charge is 2.23. The van der Waals surface area contributed by atoms with Gasteiger partial charge in [-0.25, -0.2) is 0 Å². The Morgan fingerprint density at radius 1 is 1.60 bits per heavy atom. The number of nitrogens with zero attached hydrogens (tertiary/aromatic N) is 1. The van der Waals surface area contributed by atoms with Crippen molar-refractivity contribution >= 4 is 17.6 Å². The molecule has 1 rings (SSSR count). The van der Waals surface area contributed by atoms with Gasteiger partial charge in [-0.15, -0.1) is 11.8 Å². The number of rotatable bonds is 4. The zero-order valence-electron chi connectivity index (χ0n) is 9.65. The number of amidine groups is 1. The molecule has 3 N–H and O–H groups in total. The van der Waals surface area contributed by atoms with Gasteiger partial charge in [0.1, 0.15) is 0 Å². The first-order valence-corrected chi connectivity index (χ1v) is 6.74. The van der Waals surface area contributed by atoms with Crippen molar-refractivity contribution in [1.82, 2.24) is 0 Å². The van der Waals surface area contributed by atoms with E-state index in [1.807, 2.05) is 11.8 Å². The standard InChI is InChI=1S/C11H22N2OS/c1-3-10(11(12)13-14)15-9-6-4-5-8(2)7-9/h8-10,14H,3-7H2,1-2H3,(H2,12,13). The molecular formula is C11H22N2OS. The summed E-state index contributed by atoms with van der Waals surface area (Å²) in [5.41, 5.74) is 5.66. The van der Waals surface area contributed by atoms with Crippen LogP contribution in [0.2, 0.25) is 0 Å². The minimum atomic E-state index is 0.185. The zero-order valence-corrected chi connectivity index (χ0v) is 10.5. The highest BCUT2D eigenvalue weighted by molar-refractivity contribution is 8.01. The van der Waals surface area contributed by atoms with Crippen LogP contribution in [0.15, 0.2) is 5.16 Å². The molecule has 3 atom stereocenters. The average Bonchev–Trinajstić information content (AvgIpc) is 2.25. The van der Waals surface area contributed by atoms with Crippen molar-refractivity contribution in [3.8, 4) is 0 Å². The maximum Gasteiger partial charge on any atom is 0.152 e. The van der Waals surface area contributed by atoms with E-state index in [4.69, 9.17) is 10.9 Å². The van der Waals surface area contributed by atoms with Crippen LogP contribution in [0.1, 0.15) is 46.0 Å². The molecular weight excluding hydrogens is 208 g/mol. The van der Waals surface area contributed by atoms with Gasteiger partial charge in [0, 0.05) is 5.25 Å². The Balaban J connectivity index is 2.44. The molecule has 3 nitrogen and oxygen atoms in total. The van der Waals surface area contributed by atoms with Gasteiger partial charge in [-0.2, -0.15) is 0 Å². The summed E-state index contributed by atoms with van der Waals surface area (Å²) in [6.07, 6.45) is 6.18. The predicted molar refractivity (Wildman–Crippen MR) is 66.5 cm³/mol. The molecule has 0 aliphatic heterocycles. The summed E-state index contributed by atoms with van der Waals surface area (Å²) in [6, 6.07) is 0. The highest BCUT2D eigenvalue weighted by Crippen LogP contribution is 2.34. The molecule has 3 unspecified atom stereocenters. The Morgan fingerprint density at radius 3 is 2.87 bits per heavy atom. The highest BCUT2D eigenvalue weighted by atomic mass is 32.2. The first kappa shape index (κ1) is 12.7. The quantitative estimate of drug-likeness (QED) is 0.338. The fourth-order valence-corrected chi connectivity index (χ4v) is 3.76. The number of hydrogen-bond acceptors (Lipinski definition) is 3. The molecule has 0 amide bonds. The van der Waals surface area contributed by atoms with Crippen LogP contribution in [0.3, 0.4) is 0 Å². The molecule has 0 heterocycles. The van der Waals surface area contributed by atoms with E-state index in [2.05, 4.69) is 19.0 Å². The van der Waals surface area contributed by atoms with Crippen molar-refractivity contribution in [2.75, 3.05) is 0 Å². The topological polar surface area (TPSA) is 58.6 Å². The van der Waals surface area contributed by atoms with Gasteiger partial charge in [-0.1, -0.05) is 31.8 Å². The lowest BCUT2D eigenvalue weighted by molar-refractivity contribution is 0.317. The molecule has 0 aromatic heterocycles. The van der Waals surface area contributed by atoms with E-state index in [1.54, 1.807) is 0 Å². The molecule has 0 saturated heterocycles. The average molecular weight is 230 g/mol. The van der Waals surface area contributed by atoms with Gasteiger partial charge in [-0.05, 0) is 25.2 Å². The predicted octanol–water partition coefficient (Wildman–Crippen LogP) is 2.82. The van der Waals surface area contributed by atoms with Gasteiger partial charge in [0.2, 0.25) is 0 Å². The molecule has 0 spiro atoms. The van der Waals surface area contributed by atoms with Gasteiger partial charge in [0.25, 0.3) is 0 Å². The second kappa shape index (κ2) is 6.26. The number of hydrogen-bond donors (Lipinski definition) is 2. The van der Waals surface area contributed by atoms with Crippen LogP contribution < -0.4 is 5.73 Å². The zero-order chi connectivity index (χ0) is 11.3. The third kappa shape index (κ3) is 3.93. The monoisotopic (exact) mass is 230 g/mol. The Labute approximate surface area is 96.5 Å². The number of oxime groups is 1. The summed E-state index contributed by atoms with van der Waals surface area (Å²) in [5, 5.41) is 12.7. The van der Waals surface area contributed by atoms with Crippen LogP contribution in [0, 0.1) is 5.92 Å². The summed E-state index contributed by atoms with van der Waals surface area (Å²) in [7, 11) is 0. The Kier molecular flexibility index (Phi) is 5.29. The van der Waals surface area contributed by atoms with Crippen molar-refractivity contribution in [3.63, 3.8) is 0 Å². The second-order valence-electron chi connectivity index (χ2n) is 4.45. The van der Waals surface area contributed by atoms with Gasteiger partial charge in [-0.3, -0.25) is 0 Å². The van der Waals surface area contributed by atoms with E-state index < -0.39 is 0 Å². The van der Waals surface area contributed by atoms with E-state index in [0.29, 0.717) is 11.1 Å². The van der Waals surface area contributed by atoms with Crippen LogP contribution in [0.5, 0.6) is 0 Å². The van der Waals surface area contributed by atoms with Crippen LogP contribution in [-0.4, -0.2) is 21.5 Å². The van der Waals surface area contributed by atoms with Gasteiger partial charge >= 0.3 is 0 Å². The van der Waals surface area contributed by atoms with Crippen molar-refractivity contribution in [1.29, 1.82) is 0 Å². The van der Waals surface area contributed by atoms with Crippen molar-refractivity contribution in [2.45, 2.75) is 56.5 Å². The largest absolute Gasteiger partial charge is 0.409 e. The Bertz CT molecular complexity index is 221. The fraction of sp³-hybridized carbons (Fsp3) is 0.909. The van der Waals surface area contributed by atoms with E-state index in [0.717, 1.165) is 12.3 Å². The molecule has 1 aliphatic carbocycles. The maximum atomic E-state index is 8.67. The lowest BCUT2D eigenvalue weighted by Gasteiger charge is -2.28. The Hall–Kier alpha value is -0.380. The molecule has 0 bridgehead atoms. The number of nitrogens with two attached hydrogens (primary N) is 1. The van der Waals surface area contributed by atoms with Crippen molar-refractivity contribution < 1.29 is 5.21 Å². The minimum absolute atomic E-state index is 0.185. The lowest BCUT2D eigenvalue weighted by Crippen LogP contribution is -2.29. The van der Waals surface area contributed by atoms with E-state index in [1.165, 1.54) is 25.7 Å². The van der Waals surface area contributed by atoms with E-state index in [-0.39, 0.29) is 5.25 Å². The summed E-state index contributed by atoms with van der Waals surface area (Å²) < 4.78 is 0. The number of thioether (sulfide) groups is 1. The summed E-state index contributed by atoms with van der Waals surface area (Å²) >= 11 is 1.89. The van der Waals surface area contributed by atoms with E-state index in [9.17, 15) is 0 Å². The SMILES string of the molecule is CCC(SC1CCCC(C)C1)C(N)=NO. The summed E-state index contributed by atoms with van der Waals surface area (Å²) in [4.78, 5) is 0. The Morgan fingerprint density at radius 2 is 2.33 bits per heavy atom. The third-order valence-electron chi connectivity index (χ3n) is 3.06. The first-order valence-electron chi connectivity index (χ1n) is 5.80. The second-order valence-corrected chi connectivity index (χ2v) is 5.96. The van der Waals surface area contributed by atoms with Crippen LogP contribution in [-0.2, 0) is 0 Å². The van der Waals surface area contributed by atoms with E-state index >= 15 is 0 Å². The molecule has 15 heavy (non-hydrogen) atoms. The molecule has 1 fully saturated rings. The smallest absolute Gasteiger partial charge is 0.152 e. The maximum absolute atomic E-state index is 8.67. The fourth-order valence-electron chi connectivity index (χ4n) is 2.17. The van der Waals surface area contributed by atoms with Crippen LogP contribution >= 0.6 is 11.8 Å². The normalized spacial score (nSPS) is 30.1. The molecule has 0 aromatic rings. The summed E-state index contributed by atoms with van der Waals surface area (Å²) in [6.45, 7) is 4.40. The first-order chi connectivity index (χ1) is 7.17. The van der Waals surface area contributed by atoms with Crippen molar-refractivity contribution in [2.24, 2.45) is 16.8 Å². The van der Waals surface area contributed by atoms with Gasteiger partial charge < -0.3 is 10.9 Å².